The van der Waals surface area contributed by atoms with Crippen LogP contribution in [-0.2, 0) is 16.0 Å². The number of hydrogen-bond acceptors (Lipinski definition) is 5. The predicted octanol–water partition coefficient (Wildman–Crippen LogP) is 3.15. The van der Waals surface area contributed by atoms with Crippen LogP contribution in [0.5, 0.6) is 0 Å². The van der Waals surface area contributed by atoms with Gasteiger partial charge in [0.25, 0.3) is 0 Å². The fraction of sp³-hybridized carbons (Fsp3) is 0.421. The lowest BCUT2D eigenvalue weighted by atomic mass is 10.2. The van der Waals surface area contributed by atoms with Crippen molar-refractivity contribution < 1.29 is 18.7 Å². The lowest BCUT2D eigenvalue weighted by Gasteiger charge is -2.34. The van der Waals surface area contributed by atoms with Gasteiger partial charge in [0.05, 0.1) is 18.7 Å². The summed E-state index contributed by atoms with van der Waals surface area (Å²) in [6.45, 7) is 5.83. The molecule has 1 aliphatic heterocycles. The Bertz CT molecular complexity index is 811. The summed E-state index contributed by atoms with van der Waals surface area (Å²) in [6.07, 6.45) is -0.160. The molecule has 2 aromatic rings. The number of carbonyl (C=O) groups is 2. The lowest BCUT2D eigenvalue weighted by molar-refractivity contribution is -0.132. The van der Waals surface area contributed by atoms with E-state index in [1.54, 1.807) is 35.8 Å². The van der Waals surface area contributed by atoms with Crippen LogP contribution in [0.4, 0.5) is 4.79 Å². The van der Waals surface area contributed by atoms with Crippen molar-refractivity contribution >= 4 is 23.6 Å². The summed E-state index contributed by atoms with van der Waals surface area (Å²) in [7, 11) is 0. The molecule has 0 spiro atoms. The third kappa shape index (κ3) is 4.60. The highest BCUT2D eigenvalue weighted by Crippen LogP contribution is 2.24. The van der Waals surface area contributed by atoms with Crippen LogP contribution in [0.3, 0.4) is 0 Å². The summed E-state index contributed by atoms with van der Waals surface area (Å²) >= 11 is 5.90. The topological polar surface area (TPSA) is 75.9 Å². The second kappa shape index (κ2) is 8.43. The number of benzene rings is 1. The van der Waals surface area contributed by atoms with E-state index >= 15 is 0 Å². The van der Waals surface area contributed by atoms with Crippen molar-refractivity contribution in [1.82, 2.24) is 14.8 Å². The van der Waals surface area contributed by atoms with Crippen LogP contribution in [0.25, 0.3) is 11.5 Å². The smallest absolute Gasteiger partial charge is 0.409 e. The van der Waals surface area contributed by atoms with Gasteiger partial charge in [0, 0.05) is 36.8 Å². The average molecular weight is 392 g/mol. The molecular weight excluding hydrogens is 370 g/mol. The van der Waals surface area contributed by atoms with Gasteiger partial charge in [-0.1, -0.05) is 11.6 Å². The standard InChI is InChI=1S/C19H22ClN3O4/c1-3-26-19(25)23-10-8-22(9-11-23)17(24)12-16-13(2)27-18(21-16)14-4-6-15(20)7-5-14/h4-7H,3,8-12H2,1-2H3. The molecule has 0 unspecified atom stereocenters. The molecule has 2 heterocycles. The van der Waals surface area contributed by atoms with Crippen LogP contribution in [0.1, 0.15) is 18.4 Å². The van der Waals surface area contributed by atoms with E-state index in [-0.39, 0.29) is 18.4 Å². The quantitative estimate of drug-likeness (QED) is 0.800. The molecule has 1 saturated heterocycles. The summed E-state index contributed by atoms with van der Waals surface area (Å²) in [5.74, 6) is 1.06. The van der Waals surface area contributed by atoms with E-state index in [4.69, 9.17) is 20.8 Å². The van der Waals surface area contributed by atoms with Gasteiger partial charge < -0.3 is 19.0 Å². The highest BCUT2D eigenvalue weighted by Gasteiger charge is 2.26. The highest BCUT2D eigenvalue weighted by atomic mass is 35.5. The Labute approximate surface area is 162 Å². The van der Waals surface area contributed by atoms with Gasteiger partial charge in [-0.25, -0.2) is 9.78 Å². The zero-order valence-electron chi connectivity index (χ0n) is 15.4. The summed E-state index contributed by atoms with van der Waals surface area (Å²) < 4.78 is 10.7. The van der Waals surface area contributed by atoms with Gasteiger partial charge in [-0.3, -0.25) is 4.79 Å². The zero-order valence-corrected chi connectivity index (χ0v) is 16.2. The van der Waals surface area contributed by atoms with Crippen molar-refractivity contribution in [2.75, 3.05) is 32.8 Å². The molecule has 0 saturated carbocycles. The fourth-order valence-corrected chi connectivity index (χ4v) is 3.04. The minimum Gasteiger partial charge on any atom is -0.450 e. The molecule has 27 heavy (non-hydrogen) atoms. The molecule has 0 atom stereocenters. The van der Waals surface area contributed by atoms with Crippen LogP contribution < -0.4 is 0 Å². The number of nitrogens with zero attached hydrogens (tertiary/aromatic N) is 3. The number of aromatic nitrogens is 1. The first-order valence-electron chi connectivity index (χ1n) is 8.89. The van der Waals surface area contributed by atoms with Gasteiger partial charge in [-0.15, -0.1) is 0 Å². The Kier molecular flexibility index (Phi) is 6.01. The van der Waals surface area contributed by atoms with Crippen LogP contribution in [0, 0.1) is 6.92 Å². The molecule has 1 fully saturated rings. The molecule has 2 amide bonds. The number of amides is 2. The van der Waals surface area contributed by atoms with Crippen molar-refractivity contribution in [3.05, 3.63) is 40.7 Å². The molecule has 1 aromatic heterocycles. The van der Waals surface area contributed by atoms with Gasteiger partial charge in [0.1, 0.15) is 5.76 Å². The lowest BCUT2D eigenvalue weighted by Crippen LogP contribution is -2.51. The normalized spacial score (nSPS) is 14.3. The van der Waals surface area contributed by atoms with E-state index in [1.165, 1.54) is 0 Å². The zero-order chi connectivity index (χ0) is 19.4. The van der Waals surface area contributed by atoms with Gasteiger partial charge in [0.15, 0.2) is 0 Å². The molecule has 1 aliphatic rings. The largest absolute Gasteiger partial charge is 0.450 e. The molecule has 0 bridgehead atoms. The minimum atomic E-state index is -0.329. The number of hydrogen-bond donors (Lipinski definition) is 0. The van der Waals surface area contributed by atoms with E-state index in [9.17, 15) is 9.59 Å². The second-order valence-electron chi connectivity index (χ2n) is 6.27. The van der Waals surface area contributed by atoms with Crippen molar-refractivity contribution in [3.8, 4) is 11.5 Å². The maximum absolute atomic E-state index is 12.6. The monoisotopic (exact) mass is 391 g/mol. The molecule has 7 nitrogen and oxygen atoms in total. The van der Waals surface area contributed by atoms with Crippen LogP contribution in [0.2, 0.25) is 5.02 Å². The van der Waals surface area contributed by atoms with Gasteiger partial charge >= 0.3 is 6.09 Å². The SMILES string of the molecule is CCOC(=O)N1CCN(C(=O)Cc2nc(-c3ccc(Cl)cc3)oc2C)CC1. The average Bonchev–Trinajstić information content (AvgIpc) is 3.03. The molecule has 0 N–H and O–H groups in total. The van der Waals surface area contributed by atoms with E-state index in [0.717, 1.165) is 5.56 Å². The number of rotatable bonds is 4. The van der Waals surface area contributed by atoms with Crippen molar-refractivity contribution in [3.63, 3.8) is 0 Å². The van der Waals surface area contributed by atoms with Crippen molar-refractivity contribution in [2.45, 2.75) is 20.3 Å². The molecule has 144 valence electrons. The Morgan fingerprint density at radius 1 is 1.15 bits per heavy atom. The number of carbonyl (C=O) groups excluding carboxylic acids is 2. The Morgan fingerprint density at radius 3 is 2.41 bits per heavy atom. The van der Waals surface area contributed by atoms with Crippen molar-refractivity contribution in [1.29, 1.82) is 0 Å². The predicted molar refractivity (Wildman–Crippen MR) is 101 cm³/mol. The maximum Gasteiger partial charge on any atom is 0.409 e. The number of piperazine rings is 1. The molecule has 0 radical (unpaired) electrons. The van der Waals surface area contributed by atoms with Crippen LogP contribution in [0.15, 0.2) is 28.7 Å². The first-order chi connectivity index (χ1) is 13.0. The Balaban J connectivity index is 1.60. The third-order valence-corrected chi connectivity index (χ3v) is 4.71. The Hall–Kier alpha value is -2.54. The summed E-state index contributed by atoms with van der Waals surface area (Å²) in [4.78, 5) is 32.2. The van der Waals surface area contributed by atoms with Crippen LogP contribution >= 0.6 is 11.6 Å². The van der Waals surface area contributed by atoms with E-state index in [0.29, 0.717) is 55.2 Å². The summed E-state index contributed by atoms with van der Waals surface area (Å²) in [5.41, 5.74) is 1.43. The number of oxazole rings is 1. The van der Waals surface area contributed by atoms with Gasteiger partial charge in [-0.2, -0.15) is 0 Å². The summed E-state index contributed by atoms with van der Waals surface area (Å²) in [5, 5.41) is 0.638. The fourth-order valence-electron chi connectivity index (χ4n) is 2.92. The summed E-state index contributed by atoms with van der Waals surface area (Å²) in [6, 6.07) is 7.19. The van der Waals surface area contributed by atoms with E-state index in [2.05, 4.69) is 4.98 Å². The third-order valence-electron chi connectivity index (χ3n) is 4.46. The van der Waals surface area contributed by atoms with Crippen LogP contribution in [-0.4, -0.2) is 59.6 Å². The van der Waals surface area contributed by atoms with Gasteiger partial charge in [-0.05, 0) is 38.1 Å². The van der Waals surface area contributed by atoms with Crippen molar-refractivity contribution in [2.24, 2.45) is 0 Å². The Morgan fingerprint density at radius 2 is 1.78 bits per heavy atom. The highest BCUT2D eigenvalue weighted by molar-refractivity contribution is 6.30. The maximum atomic E-state index is 12.6. The number of aryl methyl sites for hydroxylation is 1. The van der Waals surface area contributed by atoms with E-state index < -0.39 is 0 Å². The minimum absolute atomic E-state index is 0.0300. The number of halogens is 1. The second-order valence-corrected chi connectivity index (χ2v) is 6.71. The molecule has 0 aliphatic carbocycles. The van der Waals surface area contributed by atoms with Gasteiger partial charge in [0.2, 0.25) is 11.8 Å². The first-order valence-corrected chi connectivity index (χ1v) is 9.27. The molecule has 1 aromatic carbocycles. The van der Waals surface area contributed by atoms with E-state index in [1.807, 2.05) is 12.1 Å². The number of ether oxygens (including phenoxy) is 1. The molecular formula is C19H22ClN3O4. The molecule has 8 heteroatoms. The first kappa shape index (κ1) is 19.2. The molecule has 3 rings (SSSR count).